The molecular formula is C16H16N2O3S. The fraction of sp³-hybridized carbons (Fsp3) is 0.312. The van der Waals surface area contributed by atoms with Crippen molar-refractivity contribution in [3.8, 4) is 10.9 Å². The molecule has 0 aliphatic heterocycles. The molecule has 2 aromatic heterocycles. The minimum absolute atomic E-state index is 0.260. The van der Waals surface area contributed by atoms with E-state index in [1.807, 2.05) is 32.9 Å². The Morgan fingerprint density at radius 1 is 1.32 bits per heavy atom. The summed E-state index contributed by atoms with van der Waals surface area (Å²) in [6.45, 7) is 6.07. The van der Waals surface area contributed by atoms with Crippen LogP contribution < -0.4 is 10.4 Å². The minimum atomic E-state index is -0.348. The molecular weight excluding hydrogens is 300 g/mol. The number of hydrogen-bond acceptors (Lipinski definition) is 6. The number of benzene rings is 1. The van der Waals surface area contributed by atoms with Gasteiger partial charge in [0.05, 0.1) is 0 Å². The average Bonchev–Trinajstić information content (AvgIpc) is 2.94. The first-order valence-corrected chi connectivity index (χ1v) is 7.92. The lowest BCUT2D eigenvalue weighted by Gasteiger charge is -2.05. The topological polar surface area (TPSA) is 65.2 Å². The molecule has 0 N–H and O–H groups in total. The van der Waals surface area contributed by atoms with E-state index in [9.17, 15) is 4.79 Å². The van der Waals surface area contributed by atoms with Crippen LogP contribution in [-0.2, 0) is 6.42 Å². The van der Waals surface area contributed by atoms with Gasteiger partial charge in [0, 0.05) is 35.0 Å². The van der Waals surface area contributed by atoms with Crippen molar-refractivity contribution in [1.29, 1.82) is 0 Å². The monoisotopic (exact) mass is 316 g/mol. The van der Waals surface area contributed by atoms with Gasteiger partial charge >= 0.3 is 5.63 Å². The minimum Gasteiger partial charge on any atom is -0.430 e. The molecule has 0 radical (unpaired) electrons. The van der Waals surface area contributed by atoms with E-state index in [4.69, 9.17) is 9.15 Å². The summed E-state index contributed by atoms with van der Waals surface area (Å²) in [5.41, 5.74) is 1.14. The van der Waals surface area contributed by atoms with E-state index >= 15 is 0 Å². The van der Waals surface area contributed by atoms with E-state index < -0.39 is 0 Å². The fourth-order valence-corrected chi connectivity index (χ4v) is 2.85. The second-order valence-electron chi connectivity index (χ2n) is 5.28. The number of aryl methyl sites for hydroxylation is 1. The van der Waals surface area contributed by atoms with Crippen LogP contribution in [0.5, 0.6) is 10.9 Å². The van der Waals surface area contributed by atoms with Gasteiger partial charge in [-0.15, -0.1) is 0 Å². The van der Waals surface area contributed by atoms with Crippen molar-refractivity contribution in [3.05, 3.63) is 46.1 Å². The summed E-state index contributed by atoms with van der Waals surface area (Å²) in [6, 6.07) is 6.99. The van der Waals surface area contributed by atoms with E-state index in [0.29, 0.717) is 16.5 Å². The lowest BCUT2D eigenvalue weighted by Crippen LogP contribution is -1.99. The molecule has 0 amide bonds. The largest absolute Gasteiger partial charge is 0.430 e. The molecule has 5 nitrogen and oxygen atoms in total. The Bertz CT molecular complexity index is 867. The maximum atomic E-state index is 11.6. The fourth-order valence-electron chi connectivity index (χ4n) is 2.16. The smallest absolute Gasteiger partial charge is 0.336 e. The molecule has 1 aromatic carbocycles. The van der Waals surface area contributed by atoms with Crippen LogP contribution in [0.25, 0.3) is 11.0 Å². The summed E-state index contributed by atoms with van der Waals surface area (Å²) >= 11 is 1.21. The molecule has 0 bridgehead atoms. The highest BCUT2D eigenvalue weighted by atomic mass is 32.1. The number of hydrogen-bond donors (Lipinski definition) is 0. The van der Waals surface area contributed by atoms with Crippen LogP contribution in [0.4, 0.5) is 0 Å². The predicted molar refractivity (Wildman–Crippen MR) is 85.9 cm³/mol. The molecule has 0 fully saturated rings. The molecule has 2 heterocycles. The van der Waals surface area contributed by atoms with Crippen LogP contribution in [0, 0.1) is 0 Å². The first-order valence-electron chi connectivity index (χ1n) is 7.15. The third-order valence-electron chi connectivity index (χ3n) is 3.33. The Balaban J connectivity index is 1.96. The molecule has 0 atom stereocenters. The molecule has 3 aromatic rings. The number of ether oxygens (including phenoxy) is 1. The first-order chi connectivity index (χ1) is 10.6. The van der Waals surface area contributed by atoms with Crippen LogP contribution in [0.1, 0.15) is 38.1 Å². The highest BCUT2D eigenvalue weighted by molar-refractivity contribution is 7.07. The predicted octanol–water partition coefficient (Wildman–Crippen LogP) is 4.12. The SMILES string of the molecule is CCc1cc(=O)oc2cc(Oc3nc(C(C)C)ns3)ccc12. The quantitative estimate of drug-likeness (QED) is 0.677. The Morgan fingerprint density at radius 2 is 2.14 bits per heavy atom. The lowest BCUT2D eigenvalue weighted by atomic mass is 10.1. The van der Waals surface area contributed by atoms with Crippen molar-refractivity contribution >= 4 is 22.5 Å². The zero-order valence-electron chi connectivity index (χ0n) is 12.6. The van der Waals surface area contributed by atoms with Crippen LogP contribution in [0.2, 0.25) is 0 Å². The molecule has 0 unspecified atom stereocenters. The molecule has 0 saturated heterocycles. The van der Waals surface area contributed by atoms with Gasteiger partial charge in [0.2, 0.25) is 0 Å². The average molecular weight is 316 g/mol. The number of fused-ring (bicyclic) bond motifs is 1. The summed E-state index contributed by atoms with van der Waals surface area (Å²) in [5, 5.41) is 1.41. The van der Waals surface area contributed by atoms with Crippen molar-refractivity contribution in [2.75, 3.05) is 0 Å². The molecule has 0 aliphatic carbocycles. The second-order valence-corrected chi connectivity index (χ2v) is 5.99. The molecule has 0 aliphatic rings. The standard InChI is InChI=1S/C16H16N2O3S/c1-4-10-7-14(19)21-13-8-11(5-6-12(10)13)20-16-17-15(9(2)3)18-22-16/h5-9H,4H2,1-3H3. The van der Waals surface area contributed by atoms with Gasteiger partial charge in [-0.05, 0) is 24.1 Å². The number of rotatable bonds is 4. The summed E-state index contributed by atoms with van der Waals surface area (Å²) in [5.74, 6) is 1.60. The Hall–Kier alpha value is -2.21. The van der Waals surface area contributed by atoms with Gasteiger partial charge in [-0.25, -0.2) is 4.79 Å². The highest BCUT2D eigenvalue weighted by Gasteiger charge is 2.11. The van der Waals surface area contributed by atoms with E-state index in [1.165, 1.54) is 17.6 Å². The lowest BCUT2D eigenvalue weighted by molar-refractivity contribution is 0.474. The van der Waals surface area contributed by atoms with Crippen molar-refractivity contribution < 1.29 is 9.15 Å². The van der Waals surface area contributed by atoms with Gasteiger partial charge in [0.25, 0.3) is 5.19 Å². The van der Waals surface area contributed by atoms with E-state index in [1.54, 1.807) is 6.07 Å². The van der Waals surface area contributed by atoms with Crippen molar-refractivity contribution in [2.24, 2.45) is 0 Å². The van der Waals surface area contributed by atoms with Crippen LogP contribution >= 0.6 is 11.5 Å². The molecule has 114 valence electrons. The molecule has 6 heteroatoms. The second kappa shape index (κ2) is 5.88. The Labute approximate surface area is 131 Å². The Kier molecular flexibility index (Phi) is 3.94. The number of aromatic nitrogens is 2. The van der Waals surface area contributed by atoms with E-state index in [2.05, 4.69) is 9.36 Å². The van der Waals surface area contributed by atoms with Crippen LogP contribution in [0.15, 0.2) is 33.5 Å². The van der Waals surface area contributed by atoms with Gasteiger partial charge in [0.1, 0.15) is 17.2 Å². The maximum absolute atomic E-state index is 11.6. The van der Waals surface area contributed by atoms with Gasteiger partial charge in [-0.3, -0.25) is 0 Å². The summed E-state index contributed by atoms with van der Waals surface area (Å²) in [4.78, 5) is 15.9. The Morgan fingerprint density at radius 3 is 2.82 bits per heavy atom. The summed E-state index contributed by atoms with van der Waals surface area (Å²) in [7, 11) is 0. The highest BCUT2D eigenvalue weighted by Crippen LogP contribution is 2.28. The normalized spacial score (nSPS) is 11.3. The van der Waals surface area contributed by atoms with Gasteiger partial charge < -0.3 is 9.15 Å². The van der Waals surface area contributed by atoms with Crippen molar-refractivity contribution in [2.45, 2.75) is 33.1 Å². The summed E-state index contributed by atoms with van der Waals surface area (Å²) < 4.78 is 15.2. The number of nitrogens with zero attached hydrogens (tertiary/aromatic N) is 2. The zero-order valence-corrected chi connectivity index (χ0v) is 13.4. The molecule has 0 saturated carbocycles. The van der Waals surface area contributed by atoms with Gasteiger partial charge in [-0.1, -0.05) is 20.8 Å². The summed E-state index contributed by atoms with van der Waals surface area (Å²) in [6.07, 6.45) is 0.774. The molecule has 22 heavy (non-hydrogen) atoms. The first kappa shape index (κ1) is 14.7. The third kappa shape index (κ3) is 2.87. The van der Waals surface area contributed by atoms with Crippen molar-refractivity contribution in [1.82, 2.24) is 9.36 Å². The zero-order chi connectivity index (χ0) is 15.7. The van der Waals surface area contributed by atoms with Crippen LogP contribution in [-0.4, -0.2) is 9.36 Å². The van der Waals surface area contributed by atoms with Gasteiger partial charge in [0.15, 0.2) is 0 Å². The van der Waals surface area contributed by atoms with Gasteiger partial charge in [-0.2, -0.15) is 9.36 Å². The van der Waals surface area contributed by atoms with E-state index in [-0.39, 0.29) is 11.5 Å². The van der Waals surface area contributed by atoms with Crippen molar-refractivity contribution in [3.63, 3.8) is 0 Å². The van der Waals surface area contributed by atoms with Crippen LogP contribution in [0.3, 0.4) is 0 Å². The maximum Gasteiger partial charge on any atom is 0.336 e. The van der Waals surface area contributed by atoms with E-state index in [0.717, 1.165) is 23.2 Å². The molecule has 0 spiro atoms. The third-order valence-corrected chi connectivity index (χ3v) is 3.94. The molecule has 3 rings (SSSR count).